The number of fused-ring (bicyclic) bond motifs is 3. The van der Waals surface area contributed by atoms with E-state index in [1.165, 1.54) is 11.6 Å². The highest BCUT2D eigenvalue weighted by atomic mass is 32.2. The molecule has 2 amide bonds. The molecule has 2 bridgehead atoms. The smallest absolute Gasteiger partial charge is 0.254 e. The van der Waals surface area contributed by atoms with Gasteiger partial charge in [0.05, 0.1) is 11.4 Å². The van der Waals surface area contributed by atoms with Gasteiger partial charge in [0.25, 0.3) is 5.91 Å². The first-order valence-corrected chi connectivity index (χ1v) is 14.6. The maximum atomic E-state index is 13.6. The standard InChI is InChI=1S/C28H37N3O5S/c1-20-17-23(19-26(21(20)2)37(29,34)35)28(33)30-13-6-10-27(32)31-14-4-3-8-24(31)12-11-22-7-5-9-25(18-22)36-16-15-30/h5,7,9,17-19,24H,3-4,6,8,10-16H2,1-2H3,(H2,29,34,35). The number of sulfonamides is 1. The quantitative estimate of drug-likeness (QED) is 0.642. The SMILES string of the molecule is Cc1cc(C(=O)N2CCCC(=O)N3CCCCC3CCc3cccc(c3)OCC2)cc(S(N)(=O)=O)c1C. The van der Waals surface area contributed by atoms with Crippen molar-refractivity contribution in [3.63, 3.8) is 0 Å². The molecule has 2 aliphatic heterocycles. The zero-order chi connectivity index (χ0) is 26.6. The number of nitrogens with zero attached hydrogens (tertiary/aromatic N) is 2. The summed E-state index contributed by atoms with van der Waals surface area (Å²) in [6.45, 7) is 5.18. The number of ether oxygens (including phenoxy) is 1. The first-order chi connectivity index (χ1) is 17.6. The summed E-state index contributed by atoms with van der Waals surface area (Å²) in [4.78, 5) is 30.4. The van der Waals surface area contributed by atoms with Gasteiger partial charge in [0, 0.05) is 31.1 Å². The number of benzene rings is 2. The maximum Gasteiger partial charge on any atom is 0.254 e. The summed E-state index contributed by atoms with van der Waals surface area (Å²) in [5.74, 6) is 0.580. The van der Waals surface area contributed by atoms with E-state index in [1.54, 1.807) is 24.8 Å². The first-order valence-electron chi connectivity index (χ1n) is 13.1. The number of primary sulfonamides is 1. The highest BCUT2D eigenvalue weighted by Gasteiger charge is 2.27. The lowest BCUT2D eigenvalue weighted by atomic mass is 9.95. The summed E-state index contributed by atoms with van der Waals surface area (Å²) in [7, 11) is -3.98. The molecule has 1 unspecified atom stereocenters. The Bertz CT molecular complexity index is 1260. The second kappa shape index (κ2) is 11.6. The van der Waals surface area contributed by atoms with E-state index in [1.807, 2.05) is 23.1 Å². The first kappa shape index (κ1) is 27.1. The van der Waals surface area contributed by atoms with Crippen molar-refractivity contribution < 1.29 is 22.7 Å². The summed E-state index contributed by atoms with van der Waals surface area (Å²) < 4.78 is 30.3. The molecule has 8 nitrogen and oxygen atoms in total. The molecule has 200 valence electrons. The van der Waals surface area contributed by atoms with Crippen LogP contribution in [-0.2, 0) is 21.2 Å². The van der Waals surface area contributed by atoms with Crippen LogP contribution < -0.4 is 9.88 Å². The number of hydrogen-bond donors (Lipinski definition) is 1. The molecule has 2 aliphatic rings. The molecule has 1 fully saturated rings. The van der Waals surface area contributed by atoms with Gasteiger partial charge in [-0.25, -0.2) is 13.6 Å². The van der Waals surface area contributed by atoms with Crippen molar-refractivity contribution in [3.8, 4) is 5.75 Å². The van der Waals surface area contributed by atoms with Crippen LogP contribution in [0, 0.1) is 13.8 Å². The van der Waals surface area contributed by atoms with Crippen LogP contribution in [0.1, 0.15) is 65.6 Å². The van der Waals surface area contributed by atoms with E-state index in [-0.39, 0.29) is 34.9 Å². The van der Waals surface area contributed by atoms with E-state index >= 15 is 0 Å². The van der Waals surface area contributed by atoms with Crippen molar-refractivity contribution in [3.05, 3.63) is 58.7 Å². The highest BCUT2D eigenvalue weighted by molar-refractivity contribution is 7.89. The Labute approximate surface area is 219 Å². The van der Waals surface area contributed by atoms with Crippen LogP contribution in [0.3, 0.4) is 0 Å². The molecule has 0 radical (unpaired) electrons. The van der Waals surface area contributed by atoms with Crippen molar-refractivity contribution in [2.24, 2.45) is 5.14 Å². The maximum absolute atomic E-state index is 13.6. The molecular weight excluding hydrogens is 490 g/mol. The van der Waals surface area contributed by atoms with Gasteiger partial charge < -0.3 is 14.5 Å². The Hall–Kier alpha value is -2.91. The number of hydrogen-bond acceptors (Lipinski definition) is 5. The Kier molecular flexibility index (Phi) is 8.54. The fraction of sp³-hybridized carbons (Fsp3) is 0.500. The summed E-state index contributed by atoms with van der Waals surface area (Å²) in [5.41, 5.74) is 2.63. The number of carbonyl (C=O) groups is 2. The molecule has 1 saturated heterocycles. The number of piperidine rings is 1. The molecule has 4 rings (SSSR count). The van der Waals surface area contributed by atoms with E-state index in [0.29, 0.717) is 37.1 Å². The monoisotopic (exact) mass is 527 g/mol. The van der Waals surface area contributed by atoms with Crippen molar-refractivity contribution in [1.82, 2.24) is 9.80 Å². The van der Waals surface area contributed by atoms with Crippen molar-refractivity contribution in [2.45, 2.75) is 69.7 Å². The Morgan fingerprint density at radius 3 is 2.59 bits per heavy atom. The average Bonchev–Trinajstić information content (AvgIpc) is 2.87. The van der Waals surface area contributed by atoms with Crippen LogP contribution in [0.15, 0.2) is 41.3 Å². The molecular formula is C28H37N3O5S. The molecule has 0 saturated carbocycles. The molecule has 2 aromatic rings. The summed E-state index contributed by atoms with van der Waals surface area (Å²) >= 11 is 0. The average molecular weight is 528 g/mol. The second-order valence-corrected chi connectivity index (χ2v) is 11.7. The molecule has 0 aromatic heterocycles. The fourth-order valence-electron chi connectivity index (χ4n) is 5.33. The lowest BCUT2D eigenvalue weighted by Crippen LogP contribution is -2.44. The van der Waals surface area contributed by atoms with Crippen LogP contribution in [0.25, 0.3) is 0 Å². The normalized spacial score (nSPS) is 19.9. The lowest BCUT2D eigenvalue weighted by molar-refractivity contribution is -0.135. The third-order valence-corrected chi connectivity index (χ3v) is 8.56. The molecule has 37 heavy (non-hydrogen) atoms. The summed E-state index contributed by atoms with van der Waals surface area (Å²) in [5, 5.41) is 5.41. The minimum absolute atomic E-state index is 0.0476. The number of rotatable bonds is 2. The Morgan fingerprint density at radius 1 is 1.00 bits per heavy atom. The molecule has 2 heterocycles. The van der Waals surface area contributed by atoms with Crippen molar-refractivity contribution >= 4 is 21.8 Å². The number of aryl methyl sites for hydroxylation is 2. The van der Waals surface area contributed by atoms with Crippen LogP contribution in [0.5, 0.6) is 5.75 Å². The summed E-state index contributed by atoms with van der Waals surface area (Å²) in [6.07, 6.45) is 5.88. The highest BCUT2D eigenvalue weighted by Crippen LogP contribution is 2.25. The van der Waals surface area contributed by atoms with Crippen LogP contribution in [0.4, 0.5) is 0 Å². The van der Waals surface area contributed by atoms with E-state index in [0.717, 1.165) is 44.4 Å². The largest absolute Gasteiger partial charge is 0.492 e. The molecule has 2 aromatic carbocycles. The predicted octanol–water partition coefficient (Wildman–Crippen LogP) is 3.58. The van der Waals surface area contributed by atoms with Gasteiger partial charge >= 0.3 is 0 Å². The van der Waals surface area contributed by atoms with Gasteiger partial charge in [-0.15, -0.1) is 0 Å². The molecule has 1 atom stereocenters. The summed E-state index contributed by atoms with van der Waals surface area (Å²) in [6, 6.07) is 11.3. The van der Waals surface area contributed by atoms with Gasteiger partial charge in [-0.3, -0.25) is 9.59 Å². The van der Waals surface area contributed by atoms with E-state index < -0.39 is 10.0 Å². The fourth-order valence-corrected chi connectivity index (χ4v) is 6.21. The Balaban J connectivity index is 1.59. The topological polar surface area (TPSA) is 110 Å². The van der Waals surface area contributed by atoms with Gasteiger partial charge in [0.1, 0.15) is 12.4 Å². The van der Waals surface area contributed by atoms with E-state index in [2.05, 4.69) is 6.07 Å². The van der Waals surface area contributed by atoms with Gasteiger partial charge in [0.15, 0.2) is 0 Å². The van der Waals surface area contributed by atoms with Crippen LogP contribution in [0.2, 0.25) is 0 Å². The van der Waals surface area contributed by atoms with Crippen LogP contribution >= 0.6 is 0 Å². The Morgan fingerprint density at radius 2 is 1.81 bits per heavy atom. The van der Waals surface area contributed by atoms with Gasteiger partial charge in [-0.2, -0.15) is 0 Å². The van der Waals surface area contributed by atoms with Gasteiger partial charge in [-0.1, -0.05) is 12.1 Å². The zero-order valence-electron chi connectivity index (χ0n) is 21.7. The molecule has 9 heteroatoms. The lowest BCUT2D eigenvalue weighted by Gasteiger charge is -2.36. The molecule has 0 spiro atoms. The van der Waals surface area contributed by atoms with Gasteiger partial charge in [0.2, 0.25) is 15.9 Å². The van der Waals surface area contributed by atoms with E-state index in [4.69, 9.17) is 9.88 Å². The van der Waals surface area contributed by atoms with Crippen molar-refractivity contribution in [2.75, 3.05) is 26.2 Å². The second-order valence-electron chi connectivity index (χ2n) is 10.1. The number of nitrogens with two attached hydrogens (primary N) is 1. The predicted molar refractivity (Wildman–Crippen MR) is 142 cm³/mol. The minimum Gasteiger partial charge on any atom is -0.492 e. The number of amides is 2. The molecule has 0 aliphatic carbocycles. The third kappa shape index (κ3) is 6.70. The minimum atomic E-state index is -3.98. The number of carbonyl (C=O) groups excluding carboxylic acids is 2. The van der Waals surface area contributed by atoms with Gasteiger partial charge in [-0.05, 0) is 93.3 Å². The van der Waals surface area contributed by atoms with Crippen molar-refractivity contribution in [1.29, 1.82) is 0 Å². The van der Waals surface area contributed by atoms with E-state index in [9.17, 15) is 18.0 Å². The molecule has 2 N–H and O–H groups in total. The van der Waals surface area contributed by atoms with Crippen LogP contribution in [-0.4, -0.2) is 62.3 Å². The third-order valence-electron chi connectivity index (χ3n) is 7.52. The zero-order valence-corrected chi connectivity index (χ0v) is 22.6.